The Morgan fingerprint density at radius 2 is 1.95 bits per heavy atom. The van der Waals surface area contributed by atoms with Crippen LogP contribution in [-0.4, -0.2) is 40.8 Å². The average molecular weight is 311 g/mol. The summed E-state index contributed by atoms with van der Waals surface area (Å²) in [5.74, 6) is -1.25. The lowest BCUT2D eigenvalue weighted by Crippen LogP contribution is -2.42. The lowest BCUT2D eigenvalue weighted by molar-refractivity contribution is -0.138. The summed E-state index contributed by atoms with van der Waals surface area (Å²) in [6.45, 7) is 0. The van der Waals surface area contributed by atoms with E-state index in [0.717, 1.165) is 0 Å². The molecule has 1 aromatic heterocycles. The minimum absolute atomic E-state index is 0.0451. The number of phenolic OH excluding ortho intramolecular Hbond substituents is 1. The number of hydrogen-bond donors (Lipinski definition) is 4. The van der Waals surface area contributed by atoms with E-state index in [0.29, 0.717) is 5.56 Å². The molecule has 4 N–H and O–H groups in total. The molecule has 0 bridgehead atoms. The number of aromatic nitrogens is 2. The summed E-state index contributed by atoms with van der Waals surface area (Å²) in [6.07, 6.45) is 1.20. The molecule has 1 heterocycles. The zero-order valence-corrected chi connectivity index (χ0v) is 11.5. The number of H-pyrrole nitrogens is 1. The number of nitrogens with zero attached hydrogens (tertiary/aromatic N) is 1. The van der Waals surface area contributed by atoms with Gasteiger partial charge in [-0.05, 0) is 30.2 Å². The number of carboxylic acids is 1. The van der Waals surface area contributed by atoms with Crippen LogP contribution in [0.25, 0.3) is 0 Å². The van der Waals surface area contributed by atoms with Crippen LogP contribution in [0.3, 0.4) is 0 Å². The molecule has 8 nitrogen and oxygen atoms in total. The van der Waals surface area contributed by atoms with Gasteiger partial charge in [0.05, 0.1) is 6.20 Å². The van der Waals surface area contributed by atoms with Crippen molar-refractivity contribution in [2.75, 3.05) is 0 Å². The maximum absolute atomic E-state index is 12.0. The van der Waals surface area contributed by atoms with Gasteiger partial charge in [-0.1, -0.05) is 12.1 Å². The highest BCUT2D eigenvalue weighted by molar-refractivity contribution is 7.89. The molecule has 112 valence electrons. The zero-order valence-electron chi connectivity index (χ0n) is 10.7. The van der Waals surface area contributed by atoms with Crippen molar-refractivity contribution >= 4 is 16.0 Å². The molecule has 2 rings (SSSR count). The van der Waals surface area contributed by atoms with Gasteiger partial charge in [-0.3, -0.25) is 9.89 Å². The molecule has 0 radical (unpaired) electrons. The predicted octanol–water partition coefficient (Wildman–Crippen LogP) is 0.0895. The average Bonchev–Trinajstić information content (AvgIpc) is 2.95. The van der Waals surface area contributed by atoms with Crippen LogP contribution in [0.4, 0.5) is 0 Å². The molecule has 0 saturated carbocycles. The minimum Gasteiger partial charge on any atom is -0.508 e. The van der Waals surface area contributed by atoms with Crippen molar-refractivity contribution in [2.45, 2.75) is 17.5 Å². The van der Waals surface area contributed by atoms with Crippen molar-refractivity contribution < 1.29 is 23.4 Å². The van der Waals surface area contributed by atoms with E-state index in [-0.39, 0.29) is 17.2 Å². The van der Waals surface area contributed by atoms with E-state index < -0.39 is 22.0 Å². The van der Waals surface area contributed by atoms with Crippen molar-refractivity contribution in [1.82, 2.24) is 14.9 Å². The Kier molecular flexibility index (Phi) is 4.24. The van der Waals surface area contributed by atoms with E-state index in [1.54, 1.807) is 0 Å². The number of aromatic hydroxyl groups is 1. The van der Waals surface area contributed by atoms with Crippen LogP contribution < -0.4 is 4.72 Å². The maximum atomic E-state index is 12.0. The van der Waals surface area contributed by atoms with Crippen LogP contribution in [0, 0.1) is 0 Å². The number of benzene rings is 1. The van der Waals surface area contributed by atoms with E-state index in [4.69, 9.17) is 5.11 Å². The van der Waals surface area contributed by atoms with Crippen molar-refractivity contribution in [3.05, 3.63) is 42.1 Å². The Hall–Kier alpha value is -2.39. The summed E-state index contributed by atoms with van der Waals surface area (Å²) in [6, 6.07) is 5.74. The standard InChI is InChI=1S/C12H13N3O5S/c16-9-3-1-8(2-4-9)7-10(12(17)18)15-21(19,20)11-5-6-13-14-11/h1-6,10,15-16H,7H2,(H,13,14)(H,17,18). The normalized spacial score (nSPS) is 13.0. The molecule has 1 aromatic carbocycles. The number of carbonyl (C=O) groups is 1. The van der Waals surface area contributed by atoms with E-state index in [9.17, 15) is 18.3 Å². The van der Waals surface area contributed by atoms with Crippen molar-refractivity contribution in [1.29, 1.82) is 0 Å². The summed E-state index contributed by atoms with van der Waals surface area (Å²) in [4.78, 5) is 11.2. The molecule has 9 heteroatoms. The van der Waals surface area contributed by atoms with Gasteiger partial charge in [-0.25, -0.2) is 8.42 Å². The van der Waals surface area contributed by atoms with Crippen LogP contribution in [-0.2, 0) is 21.2 Å². The molecular formula is C12H13N3O5S. The zero-order chi connectivity index (χ0) is 15.5. The number of nitrogens with one attached hydrogen (secondary N) is 2. The Morgan fingerprint density at radius 3 is 2.48 bits per heavy atom. The first-order chi connectivity index (χ1) is 9.88. The first-order valence-corrected chi connectivity index (χ1v) is 7.39. The van der Waals surface area contributed by atoms with E-state index in [1.807, 2.05) is 0 Å². The van der Waals surface area contributed by atoms with E-state index in [2.05, 4.69) is 14.9 Å². The molecular weight excluding hydrogens is 298 g/mol. The number of carboxylic acid groups (broad SMARTS) is 1. The quantitative estimate of drug-likeness (QED) is 0.597. The maximum Gasteiger partial charge on any atom is 0.322 e. The summed E-state index contributed by atoms with van der Waals surface area (Å²) in [7, 11) is -3.99. The van der Waals surface area contributed by atoms with Gasteiger partial charge in [0.1, 0.15) is 11.8 Å². The smallest absolute Gasteiger partial charge is 0.322 e. The fourth-order valence-electron chi connectivity index (χ4n) is 1.69. The van der Waals surface area contributed by atoms with E-state index in [1.165, 1.54) is 36.5 Å². The molecule has 1 atom stereocenters. The highest BCUT2D eigenvalue weighted by atomic mass is 32.2. The Labute approximate surface area is 120 Å². The molecule has 0 spiro atoms. The van der Waals surface area contributed by atoms with E-state index >= 15 is 0 Å². The van der Waals surface area contributed by atoms with Crippen LogP contribution in [0.15, 0.2) is 41.6 Å². The topological polar surface area (TPSA) is 132 Å². The monoisotopic (exact) mass is 311 g/mol. The molecule has 0 saturated heterocycles. The second-order valence-electron chi connectivity index (χ2n) is 4.30. The number of aliphatic carboxylic acids is 1. The van der Waals surface area contributed by atoms with Crippen LogP contribution in [0.5, 0.6) is 5.75 Å². The van der Waals surface area contributed by atoms with Crippen molar-refractivity contribution in [3.8, 4) is 5.75 Å². The van der Waals surface area contributed by atoms with Crippen LogP contribution in [0.2, 0.25) is 0 Å². The predicted molar refractivity (Wildman–Crippen MR) is 72.1 cm³/mol. The number of aromatic amines is 1. The number of sulfonamides is 1. The van der Waals surface area contributed by atoms with Gasteiger partial charge >= 0.3 is 5.97 Å². The Balaban J connectivity index is 2.17. The lowest BCUT2D eigenvalue weighted by atomic mass is 10.1. The number of hydrogen-bond acceptors (Lipinski definition) is 5. The summed E-state index contributed by atoms with van der Waals surface area (Å²) < 4.78 is 26.0. The fourth-order valence-corrected chi connectivity index (χ4v) is 2.79. The second-order valence-corrected chi connectivity index (χ2v) is 5.99. The highest BCUT2D eigenvalue weighted by Crippen LogP contribution is 2.13. The molecule has 0 amide bonds. The van der Waals surface area contributed by atoms with Gasteiger partial charge in [0.15, 0.2) is 5.03 Å². The summed E-state index contributed by atoms with van der Waals surface area (Å²) in [5, 5.41) is 23.9. The lowest BCUT2D eigenvalue weighted by Gasteiger charge is -2.14. The Bertz CT molecular complexity index is 710. The molecule has 2 aromatic rings. The molecule has 0 aliphatic heterocycles. The number of phenols is 1. The first-order valence-electron chi connectivity index (χ1n) is 5.91. The van der Waals surface area contributed by atoms with Gasteiger partial charge in [0.2, 0.25) is 0 Å². The molecule has 0 aliphatic carbocycles. The summed E-state index contributed by atoms with van der Waals surface area (Å²) in [5.41, 5.74) is 0.576. The second kappa shape index (κ2) is 5.94. The minimum atomic E-state index is -3.99. The molecule has 1 unspecified atom stereocenters. The Morgan fingerprint density at radius 1 is 1.29 bits per heavy atom. The molecule has 0 aliphatic rings. The summed E-state index contributed by atoms with van der Waals surface area (Å²) >= 11 is 0. The number of rotatable bonds is 6. The van der Waals surface area contributed by atoms with Crippen molar-refractivity contribution in [3.63, 3.8) is 0 Å². The third-order valence-electron chi connectivity index (χ3n) is 2.74. The van der Waals surface area contributed by atoms with Crippen LogP contribution >= 0.6 is 0 Å². The van der Waals surface area contributed by atoms with Gasteiger partial charge < -0.3 is 10.2 Å². The van der Waals surface area contributed by atoms with Gasteiger partial charge in [0.25, 0.3) is 10.0 Å². The first kappa shape index (κ1) is 15.0. The third-order valence-corrected chi connectivity index (χ3v) is 4.14. The van der Waals surface area contributed by atoms with Crippen molar-refractivity contribution in [2.24, 2.45) is 0 Å². The van der Waals surface area contributed by atoms with Gasteiger partial charge in [-0.2, -0.15) is 9.82 Å². The van der Waals surface area contributed by atoms with Gasteiger partial charge in [-0.15, -0.1) is 0 Å². The SMILES string of the molecule is O=C(O)C(Cc1ccc(O)cc1)NS(=O)(=O)c1ccn[nH]1. The highest BCUT2D eigenvalue weighted by Gasteiger charge is 2.26. The van der Waals surface area contributed by atoms with Crippen LogP contribution in [0.1, 0.15) is 5.56 Å². The third kappa shape index (κ3) is 3.80. The molecule has 0 fully saturated rings. The molecule has 21 heavy (non-hydrogen) atoms. The van der Waals surface area contributed by atoms with Gasteiger partial charge in [0, 0.05) is 0 Å². The fraction of sp³-hybridized carbons (Fsp3) is 0.167. The largest absolute Gasteiger partial charge is 0.508 e.